The van der Waals surface area contributed by atoms with E-state index in [1.807, 2.05) is 12.1 Å². The number of hydrogen-bond acceptors (Lipinski definition) is 1. The van der Waals surface area contributed by atoms with Crippen molar-refractivity contribution in [3.63, 3.8) is 0 Å². The zero-order chi connectivity index (χ0) is 8.55. The molecule has 1 fully saturated rings. The van der Waals surface area contributed by atoms with Gasteiger partial charge < -0.3 is 4.74 Å². The van der Waals surface area contributed by atoms with Gasteiger partial charge in [0.05, 0.1) is 17.7 Å². The highest BCUT2D eigenvalue weighted by Gasteiger charge is 2.23. The molecule has 0 aliphatic carbocycles. The van der Waals surface area contributed by atoms with Crippen molar-refractivity contribution in [1.29, 1.82) is 0 Å². The van der Waals surface area contributed by atoms with Gasteiger partial charge in [0, 0.05) is 10.9 Å². The molecule has 12 heavy (non-hydrogen) atoms. The molecule has 1 heterocycles. The zero-order valence-corrected chi connectivity index (χ0v) is 8.73. The highest BCUT2D eigenvalue weighted by molar-refractivity contribution is 9.10. The molecule has 1 aromatic carbocycles. The minimum absolute atomic E-state index is 0.416. The van der Waals surface area contributed by atoms with Crippen molar-refractivity contribution in [2.45, 2.75) is 12.5 Å². The topological polar surface area (TPSA) is 12.5 Å². The minimum atomic E-state index is 0.416. The number of benzene rings is 1. The van der Waals surface area contributed by atoms with Gasteiger partial charge in [-0.1, -0.05) is 23.7 Å². The number of rotatable bonds is 2. The van der Waals surface area contributed by atoms with Gasteiger partial charge in [0.1, 0.15) is 0 Å². The third kappa shape index (κ3) is 1.82. The maximum absolute atomic E-state index is 5.93. The molecule has 1 aromatic rings. The summed E-state index contributed by atoms with van der Waals surface area (Å²) in [6.07, 6.45) is 1.38. The maximum atomic E-state index is 5.93. The summed E-state index contributed by atoms with van der Waals surface area (Å²) in [6.45, 7) is 0.888. The molecular weight excluding hydrogens is 239 g/mol. The molecule has 64 valence electrons. The van der Waals surface area contributed by atoms with Crippen molar-refractivity contribution in [2.75, 3.05) is 6.61 Å². The van der Waals surface area contributed by atoms with E-state index >= 15 is 0 Å². The second-order valence-electron chi connectivity index (χ2n) is 2.87. The summed E-state index contributed by atoms with van der Waals surface area (Å²) in [7, 11) is 0. The van der Waals surface area contributed by atoms with E-state index in [4.69, 9.17) is 16.3 Å². The molecule has 1 atom stereocenters. The van der Waals surface area contributed by atoms with E-state index in [9.17, 15) is 0 Å². The van der Waals surface area contributed by atoms with E-state index in [-0.39, 0.29) is 0 Å². The fourth-order valence-corrected chi connectivity index (χ4v) is 1.76. The van der Waals surface area contributed by atoms with Crippen molar-refractivity contribution >= 4 is 27.5 Å². The Labute approximate surface area is 84.8 Å². The Balaban J connectivity index is 2.23. The molecule has 1 saturated heterocycles. The van der Waals surface area contributed by atoms with Gasteiger partial charge in [0.2, 0.25) is 0 Å². The summed E-state index contributed by atoms with van der Waals surface area (Å²) >= 11 is 9.38. The Hall–Kier alpha value is -0.0500. The van der Waals surface area contributed by atoms with E-state index in [0.29, 0.717) is 6.10 Å². The van der Waals surface area contributed by atoms with Gasteiger partial charge in [-0.2, -0.15) is 0 Å². The van der Waals surface area contributed by atoms with Crippen molar-refractivity contribution < 1.29 is 4.74 Å². The highest BCUT2D eigenvalue weighted by atomic mass is 79.9. The molecule has 0 N–H and O–H groups in total. The fourth-order valence-electron chi connectivity index (χ4n) is 1.14. The summed E-state index contributed by atoms with van der Waals surface area (Å²) in [5.74, 6) is 0. The lowest BCUT2D eigenvalue weighted by atomic mass is 10.1. The molecule has 2 rings (SSSR count). The van der Waals surface area contributed by atoms with E-state index in [2.05, 4.69) is 22.0 Å². The van der Waals surface area contributed by atoms with Crippen LogP contribution in [0, 0.1) is 0 Å². The van der Waals surface area contributed by atoms with Crippen molar-refractivity contribution in [3.8, 4) is 0 Å². The predicted octanol–water partition coefficient (Wildman–Crippen LogP) is 3.04. The van der Waals surface area contributed by atoms with Crippen LogP contribution in [0.1, 0.15) is 5.56 Å². The molecule has 1 aliphatic heterocycles. The van der Waals surface area contributed by atoms with Crippen LogP contribution in [0.4, 0.5) is 0 Å². The van der Waals surface area contributed by atoms with Crippen LogP contribution in [-0.4, -0.2) is 12.7 Å². The number of halogens is 2. The largest absolute Gasteiger partial charge is 0.373 e. The summed E-state index contributed by atoms with van der Waals surface area (Å²) in [5, 5.41) is 0.771. The summed E-state index contributed by atoms with van der Waals surface area (Å²) < 4.78 is 6.15. The van der Waals surface area contributed by atoms with Crippen LogP contribution in [0.5, 0.6) is 0 Å². The average Bonchev–Trinajstić information content (AvgIpc) is 2.83. The van der Waals surface area contributed by atoms with Crippen LogP contribution in [0.25, 0.3) is 0 Å². The summed E-state index contributed by atoms with van der Waals surface area (Å²) in [5.41, 5.74) is 1.23. The maximum Gasteiger partial charge on any atom is 0.0850 e. The normalized spacial score (nSPS) is 21.0. The molecule has 0 saturated carbocycles. The molecule has 0 amide bonds. The molecule has 0 bridgehead atoms. The Kier molecular flexibility index (Phi) is 2.40. The van der Waals surface area contributed by atoms with Gasteiger partial charge in [-0.3, -0.25) is 0 Å². The summed E-state index contributed by atoms with van der Waals surface area (Å²) in [6, 6.07) is 5.91. The van der Waals surface area contributed by atoms with Gasteiger partial charge in [-0.15, -0.1) is 0 Å². The first-order valence-corrected chi connectivity index (χ1v) is 4.99. The first kappa shape index (κ1) is 8.54. The van der Waals surface area contributed by atoms with Crippen LogP contribution >= 0.6 is 27.5 Å². The van der Waals surface area contributed by atoms with E-state index in [0.717, 1.165) is 22.5 Å². The first-order valence-electron chi connectivity index (χ1n) is 3.82. The second-order valence-corrected chi connectivity index (χ2v) is 4.07. The third-order valence-corrected chi connectivity index (χ3v) is 3.36. The summed E-state index contributed by atoms with van der Waals surface area (Å²) in [4.78, 5) is 0. The number of ether oxygens (including phenoxy) is 1. The lowest BCUT2D eigenvalue weighted by Gasteiger charge is -2.02. The fraction of sp³-hybridized carbons (Fsp3) is 0.333. The standard InChI is InChI=1S/C9H8BrClO/c10-9-6(4-7-5-12-7)2-1-3-8(9)11/h1-3,7H,4-5H2. The van der Waals surface area contributed by atoms with Gasteiger partial charge >= 0.3 is 0 Å². The Morgan fingerprint density at radius 3 is 3.00 bits per heavy atom. The Bertz CT molecular complexity index is 297. The first-order chi connectivity index (χ1) is 5.77. The Morgan fingerprint density at radius 1 is 1.58 bits per heavy atom. The van der Waals surface area contributed by atoms with E-state index in [1.54, 1.807) is 0 Å². The smallest absolute Gasteiger partial charge is 0.0850 e. The van der Waals surface area contributed by atoms with Crippen LogP contribution in [-0.2, 0) is 11.2 Å². The molecule has 3 heteroatoms. The van der Waals surface area contributed by atoms with Gasteiger partial charge in [0.15, 0.2) is 0 Å². The second kappa shape index (κ2) is 3.36. The lowest BCUT2D eigenvalue weighted by molar-refractivity contribution is 0.407. The van der Waals surface area contributed by atoms with Crippen molar-refractivity contribution in [1.82, 2.24) is 0 Å². The molecular formula is C9H8BrClO. The molecule has 0 aromatic heterocycles. The van der Waals surface area contributed by atoms with Crippen LogP contribution < -0.4 is 0 Å². The van der Waals surface area contributed by atoms with Gasteiger partial charge in [0.25, 0.3) is 0 Å². The zero-order valence-electron chi connectivity index (χ0n) is 6.39. The Morgan fingerprint density at radius 2 is 2.33 bits per heavy atom. The average molecular weight is 248 g/mol. The number of epoxide rings is 1. The molecule has 1 unspecified atom stereocenters. The van der Waals surface area contributed by atoms with Crippen LogP contribution in [0.15, 0.2) is 22.7 Å². The van der Waals surface area contributed by atoms with Gasteiger partial charge in [-0.25, -0.2) is 0 Å². The molecule has 1 aliphatic rings. The van der Waals surface area contributed by atoms with Crippen molar-refractivity contribution in [3.05, 3.63) is 33.3 Å². The number of hydrogen-bond donors (Lipinski definition) is 0. The van der Waals surface area contributed by atoms with Crippen LogP contribution in [0.3, 0.4) is 0 Å². The quantitative estimate of drug-likeness (QED) is 0.732. The highest BCUT2D eigenvalue weighted by Crippen LogP contribution is 2.29. The minimum Gasteiger partial charge on any atom is -0.373 e. The van der Waals surface area contributed by atoms with Crippen molar-refractivity contribution in [2.24, 2.45) is 0 Å². The third-order valence-electron chi connectivity index (χ3n) is 1.88. The monoisotopic (exact) mass is 246 g/mol. The van der Waals surface area contributed by atoms with E-state index < -0.39 is 0 Å². The van der Waals surface area contributed by atoms with Crippen LogP contribution in [0.2, 0.25) is 5.02 Å². The SMILES string of the molecule is Clc1cccc(CC2CO2)c1Br. The van der Waals surface area contributed by atoms with Gasteiger partial charge in [-0.05, 0) is 27.6 Å². The van der Waals surface area contributed by atoms with E-state index in [1.165, 1.54) is 5.56 Å². The molecule has 1 nitrogen and oxygen atoms in total. The lowest BCUT2D eigenvalue weighted by Crippen LogP contribution is -1.93. The molecule has 0 spiro atoms. The predicted molar refractivity (Wildman–Crippen MR) is 52.6 cm³/mol. The molecule has 0 radical (unpaired) electrons.